The van der Waals surface area contributed by atoms with Gasteiger partial charge in [-0.3, -0.25) is 4.79 Å². The van der Waals surface area contributed by atoms with E-state index in [1.165, 1.54) is 5.56 Å². The first-order valence-electron chi connectivity index (χ1n) is 6.49. The minimum absolute atomic E-state index is 0.0521. The van der Waals surface area contributed by atoms with Crippen LogP contribution in [0.4, 0.5) is 0 Å². The van der Waals surface area contributed by atoms with Gasteiger partial charge < -0.3 is 11.1 Å². The SMILES string of the molecule is Cc1ccc(C(C)NC(=O)C(C(N)=S)C(C)C)cc1. The Kier molecular flexibility index (Phi) is 5.48. The zero-order valence-corrected chi connectivity index (χ0v) is 12.8. The molecule has 19 heavy (non-hydrogen) atoms. The number of hydrogen-bond donors (Lipinski definition) is 2. The third-order valence-electron chi connectivity index (χ3n) is 3.19. The highest BCUT2D eigenvalue weighted by Gasteiger charge is 2.26. The van der Waals surface area contributed by atoms with Crippen LogP contribution < -0.4 is 11.1 Å². The van der Waals surface area contributed by atoms with Gasteiger partial charge in [0.1, 0.15) is 0 Å². The van der Waals surface area contributed by atoms with Crippen molar-refractivity contribution in [3.05, 3.63) is 35.4 Å². The molecule has 0 spiro atoms. The molecule has 0 aliphatic rings. The number of carbonyl (C=O) groups is 1. The first kappa shape index (κ1) is 15.6. The number of benzene rings is 1. The van der Waals surface area contributed by atoms with Crippen molar-refractivity contribution in [3.8, 4) is 0 Å². The van der Waals surface area contributed by atoms with Gasteiger partial charge in [0.2, 0.25) is 5.91 Å². The summed E-state index contributed by atoms with van der Waals surface area (Å²) in [5, 5.41) is 2.97. The number of aryl methyl sites for hydroxylation is 1. The van der Waals surface area contributed by atoms with Crippen molar-refractivity contribution in [1.82, 2.24) is 5.32 Å². The van der Waals surface area contributed by atoms with E-state index in [4.69, 9.17) is 18.0 Å². The minimum Gasteiger partial charge on any atom is -0.393 e. The predicted molar refractivity (Wildman–Crippen MR) is 82.9 cm³/mol. The van der Waals surface area contributed by atoms with Crippen molar-refractivity contribution in [2.45, 2.75) is 33.7 Å². The fourth-order valence-electron chi connectivity index (χ4n) is 2.00. The van der Waals surface area contributed by atoms with E-state index in [9.17, 15) is 4.79 Å². The quantitative estimate of drug-likeness (QED) is 0.814. The molecule has 0 radical (unpaired) electrons. The Morgan fingerprint density at radius 2 is 1.74 bits per heavy atom. The first-order valence-corrected chi connectivity index (χ1v) is 6.90. The molecule has 0 fully saturated rings. The Bertz CT molecular complexity index is 454. The smallest absolute Gasteiger partial charge is 0.230 e. The average molecular weight is 278 g/mol. The highest BCUT2D eigenvalue weighted by atomic mass is 32.1. The molecule has 0 bridgehead atoms. The summed E-state index contributed by atoms with van der Waals surface area (Å²) < 4.78 is 0. The number of hydrogen-bond acceptors (Lipinski definition) is 2. The molecule has 0 aliphatic heterocycles. The van der Waals surface area contributed by atoms with Gasteiger partial charge in [0.25, 0.3) is 0 Å². The van der Waals surface area contributed by atoms with E-state index < -0.39 is 5.92 Å². The monoisotopic (exact) mass is 278 g/mol. The zero-order chi connectivity index (χ0) is 14.6. The van der Waals surface area contributed by atoms with E-state index in [0.29, 0.717) is 0 Å². The van der Waals surface area contributed by atoms with Crippen molar-refractivity contribution >= 4 is 23.1 Å². The Morgan fingerprint density at radius 3 is 2.16 bits per heavy atom. The Balaban J connectivity index is 2.75. The number of thiocarbonyl (C=S) groups is 1. The molecule has 3 N–H and O–H groups in total. The summed E-state index contributed by atoms with van der Waals surface area (Å²) in [5.74, 6) is -0.416. The van der Waals surface area contributed by atoms with Gasteiger partial charge in [0, 0.05) is 0 Å². The zero-order valence-electron chi connectivity index (χ0n) is 11.9. The van der Waals surface area contributed by atoms with Gasteiger partial charge >= 0.3 is 0 Å². The van der Waals surface area contributed by atoms with Gasteiger partial charge in [-0.25, -0.2) is 0 Å². The molecule has 0 heterocycles. The lowest BCUT2D eigenvalue weighted by Gasteiger charge is -2.22. The van der Waals surface area contributed by atoms with Crippen LogP contribution in [0.1, 0.15) is 37.9 Å². The largest absolute Gasteiger partial charge is 0.393 e. The first-order chi connectivity index (χ1) is 8.82. The van der Waals surface area contributed by atoms with Crippen LogP contribution in [0.3, 0.4) is 0 Å². The van der Waals surface area contributed by atoms with Gasteiger partial charge in [-0.1, -0.05) is 55.9 Å². The highest BCUT2D eigenvalue weighted by molar-refractivity contribution is 7.80. The highest BCUT2D eigenvalue weighted by Crippen LogP contribution is 2.17. The lowest BCUT2D eigenvalue weighted by Crippen LogP contribution is -2.41. The fourth-order valence-corrected chi connectivity index (χ4v) is 2.38. The number of rotatable bonds is 5. The maximum absolute atomic E-state index is 12.2. The minimum atomic E-state index is -0.414. The normalized spacial score (nSPS) is 13.9. The lowest BCUT2D eigenvalue weighted by molar-refractivity contribution is -0.124. The summed E-state index contributed by atoms with van der Waals surface area (Å²) in [7, 11) is 0. The number of nitrogens with one attached hydrogen (secondary N) is 1. The summed E-state index contributed by atoms with van der Waals surface area (Å²) >= 11 is 4.97. The molecule has 1 aromatic carbocycles. The second kappa shape index (κ2) is 6.66. The van der Waals surface area contributed by atoms with Crippen molar-refractivity contribution in [2.24, 2.45) is 17.6 Å². The third-order valence-corrected chi connectivity index (χ3v) is 3.45. The summed E-state index contributed by atoms with van der Waals surface area (Å²) in [4.78, 5) is 12.5. The summed E-state index contributed by atoms with van der Waals surface area (Å²) in [6.07, 6.45) is 0. The summed E-state index contributed by atoms with van der Waals surface area (Å²) in [6.45, 7) is 7.88. The van der Waals surface area contributed by atoms with Crippen LogP contribution in [0.25, 0.3) is 0 Å². The maximum Gasteiger partial charge on any atom is 0.230 e. The Labute approximate surface area is 120 Å². The van der Waals surface area contributed by atoms with Gasteiger partial charge in [-0.05, 0) is 25.3 Å². The number of amides is 1. The number of nitrogens with two attached hydrogens (primary N) is 1. The molecule has 4 heteroatoms. The van der Waals surface area contributed by atoms with Gasteiger partial charge in [-0.2, -0.15) is 0 Å². The Morgan fingerprint density at radius 1 is 1.21 bits per heavy atom. The molecule has 2 unspecified atom stereocenters. The van der Waals surface area contributed by atoms with Crippen LogP contribution >= 0.6 is 12.2 Å². The van der Waals surface area contributed by atoms with E-state index in [2.05, 4.69) is 5.32 Å². The van der Waals surface area contributed by atoms with Crippen molar-refractivity contribution in [1.29, 1.82) is 0 Å². The molecule has 1 amide bonds. The van der Waals surface area contributed by atoms with Crippen molar-refractivity contribution in [2.75, 3.05) is 0 Å². The molecule has 1 aromatic rings. The van der Waals surface area contributed by atoms with Crippen molar-refractivity contribution < 1.29 is 4.79 Å². The second-order valence-electron chi connectivity index (χ2n) is 5.27. The van der Waals surface area contributed by atoms with Crippen LogP contribution in [0, 0.1) is 18.8 Å². The fraction of sp³-hybridized carbons (Fsp3) is 0.467. The van der Waals surface area contributed by atoms with Crippen LogP contribution in [0.15, 0.2) is 24.3 Å². The summed E-state index contributed by atoms with van der Waals surface area (Å²) in [5.41, 5.74) is 7.92. The van der Waals surface area contributed by atoms with E-state index in [1.54, 1.807) is 0 Å². The van der Waals surface area contributed by atoms with Gasteiger partial charge in [0.15, 0.2) is 0 Å². The lowest BCUT2D eigenvalue weighted by atomic mass is 9.94. The van der Waals surface area contributed by atoms with E-state index in [0.717, 1.165) is 5.56 Å². The van der Waals surface area contributed by atoms with Crippen molar-refractivity contribution in [3.63, 3.8) is 0 Å². The topological polar surface area (TPSA) is 55.1 Å². The molecule has 0 saturated carbocycles. The van der Waals surface area contributed by atoms with E-state index >= 15 is 0 Å². The van der Waals surface area contributed by atoms with Crippen LogP contribution in [-0.4, -0.2) is 10.9 Å². The summed E-state index contributed by atoms with van der Waals surface area (Å²) in [6, 6.07) is 8.05. The molecular weight excluding hydrogens is 256 g/mol. The van der Waals surface area contributed by atoms with Crippen LogP contribution in [0.5, 0.6) is 0 Å². The molecule has 1 rings (SSSR count). The Hall–Kier alpha value is -1.42. The predicted octanol–water partition coefficient (Wildman–Crippen LogP) is 2.73. The average Bonchev–Trinajstić information content (AvgIpc) is 2.28. The number of carbonyl (C=O) groups excluding carboxylic acids is 1. The van der Waals surface area contributed by atoms with Gasteiger partial charge in [0.05, 0.1) is 16.9 Å². The molecule has 0 saturated heterocycles. The standard InChI is InChI=1S/C15H22N2OS/c1-9(2)13(14(16)19)15(18)17-11(4)12-7-5-10(3)6-8-12/h5-9,11,13H,1-4H3,(H2,16,19)(H,17,18). The van der Waals surface area contributed by atoms with Gasteiger partial charge in [-0.15, -0.1) is 0 Å². The molecule has 2 atom stereocenters. The molecule has 0 aromatic heterocycles. The second-order valence-corrected chi connectivity index (χ2v) is 5.74. The van der Waals surface area contributed by atoms with E-state index in [1.807, 2.05) is 52.0 Å². The van der Waals surface area contributed by atoms with Crippen LogP contribution in [0.2, 0.25) is 0 Å². The molecule has 0 aliphatic carbocycles. The molecular formula is C15H22N2OS. The molecule has 104 valence electrons. The van der Waals surface area contributed by atoms with Crippen LogP contribution in [-0.2, 0) is 4.79 Å². The van der Waals surface area contributed by atoms with E-state index in [-0.39, 0.29) is 22.9 Å². The third kappa shape index (κ3) is 4.31. The molecule has 3 nitrogen and oxygen atoms in total. The maximum atomic E-state index is 12.2.